The van der Waals surface area contributed by atoms with E-state index in [1.165, 1.54) is 38.1 Å². The molecule has 1 aromatic heterocycles. The van der Waals surface area contributed by atoms with Crippen molar-refractivity contribution >= 4 is 34.4 Å². The molecule has 8 heteroatoms. The van der Waals surface area contributed by atoms with E-state index in [4.69, 9.17) is 14.5 Å². The Bertz CT molecular complexity index is 1170. The monoisotopic (exact) mass is 498 g/mol. The highest BCUT2D eigenvalue weighted by atomic mass is 32.2. The summed E-state index contributed by atoms with van der Waals surface area (Å²) in [6.45, 7) is 2.94. The molecule has 2 aromatic rings. The van der Waals surface area contributed by atoms with E-state index in [0.29, 0.717) is 64.7 Å². The van der Waals surface area contributed by atoms with Crippen molar-refractivity contribution in [3.8, 4) is 0 Å². The van der Waals surface area contributed by atoms with Gasteiger partial charge in [-0.1, -0.05) is 11.8 Å². The molecule has 0 radical (unpaired) electrons. The van der Waals surface area contributed by atoms with E-state index in [0.717, 1.165) is 19.3 Å². The summed E-state index contributed by atoms with van der Waals surface area (Å²) in [4.78, 5) is 44.2. The maximum absolute atomic E-state index is 13.9. The molecular weight excluding hydrogens is 464 g/mol. The summed E-state index contributed by atoms with van der Waals surface area (Å²) < 4.78 is 11.7. The Hall–Kier alpha value is -2.19. The smallest absolute Gasteiger partial charge is 0.337 e. The number of fused-ring (bicyclic) bond motifs is 1. The number of methoxy groups -OCH3 is 2. The van der Waals surface area contributed by atoms with Gasteiger partial charge in [0.2, 0.25) is 0 Å². The molecule has 6 rings (SSSR count). The second kappa shape index (κ2) is 9.69. The van der Waals surface area contributed by atoms with Crippen LogP contribution in [-0.4, -0.2) is 47.4 Å². The molecule has 0 unspecified atom stereocenters. The first-order valence-corrected chi connectivity index (χ1v) is 13.5. The maximum atomic E-state index is 13.9. The Kier molecular flexibility index (Phi) is 6.79. The third-order valence-electron chi connectivity index (χ3n) is 8.28. The Morgan fingerprint density at radius 2 is 1.80 bits per heavy atom. The number of carbonyl (C=O) groups excluding carboxylic acids is 2. The van der Waals surface area contributed by atoms with E-state index in [1.54, 1.807) is 29.9 Å². The predicted octanol–water partition coefficient (Wildman–Crippen LogP) is 4.49. The normalized spacial score (nSPS) is 27.8. The van der Waals surface area contributed by atoms with Crippen LogP contribution in [0.25, 0.3) is 10.9 Å². The lowest BCUT2D eigenvalue weighted by Crippen LogP contribution is -2.51. The SMILES string of the molecule is COCCCn1c(S[C@H](C)C(=O)C23CC4CC(CC(C4)C2)C3)nc2cc(C(=O)OC)ccc2c1=O. The Labute approximate surface area is 210 Å². The average molecular weight is 499 g/mol. The van der Waals surface area contributed by atoms with Crippen molar-refractivity contribution in [1.29, 1.82) is 0 Å². The standard InChI is InChI=1S/C27H34N2O5S/c1-16(23(30)27-13-17-9-18(14-27)11-19(10-17)15-27)35-26-28-22-12-20(25(32)34-3)5-6-21(22)24(31)29(26)7-4-8-33-2/h5-6,12,16-19H,4,7-11,13-15H2,1-3H3/t16-,17?,18?,19?,27?/m1/s1. The van der Waals surface area contributed by atoms with Gasteiger partial charge in [0.05, 0.1) is 28.8 Å². The molecule has 0 aliphatic heterocycles. The Balaban J connectivity index is 1.47. The summed E-state index contributed by atoms with van der Waals surface area (Å²) in [7, 11) is 2.96. The van der Waals surface area contributed by atoms with Crippen molar-refractivity contribution in [2.75, 3.05) is 20.8 Å². The van der Waals surface area contributed by atoms with Crippen molar-refractivity contribution < 1.29 is 19.1 Å². The van der Waals surface area contributed by atoms with E-state index < -0.39 is 5.97 Å². The van der Waals surface area contributed by atoms with E-state index in [1.807, 2.05) is 6.92 Å². The Morgan fingerprint density at radius 3 is 2.40 bits per heavy atom. The van der Waals surface area contributed by atoms with E-state index in [9.17, 15) is 14.4 Å². The number of rotatable bonds is 9. The summed E-state index contributed by atoms with van der Waals surface area (Å²) in [5, 5.41) is 0.666. The lowest BCUT2D eigenvalue weighted by atomic mass is 9.48. The molecule has 188 valence electrons. The van der Waals surface area contributed by atoms with E-state index >= 15 is 0 Å². The highest BCUT2D eigenvalue weighted by Crippen LogP contribution is 2.61. The number of thioether (sulfide) groups is 1. The van der Waals surface area contributed by atoms with Crippen LogP contribution in [0.2, 0.25) is 0 Å². The molecule has 4 bridgehead atoms. The molecule has 0 saturated heterocycles. The van der Waals surface area contributed by atoms with Gasteiger partial charge in [-0.25, -0.2) is 9.78 Å². The van der Waals surface area contributed by atoms with Crippen LogP contribution in [0.5, 0.6) is 0 Å². The van der Waals surface area contributed by atoms with Crippen LogP contribution in [0.4, 0.5) is 0 Å². The van der Waals surface area contributed by atoms with Crippen LogP contribution in [0, 0.1) is 23.2 Å². The third kappa shape index (κ3) is 4.55. The summed E-state index contributed by atoms with van der Waals surface area (Å²) >= 11 is 1.38. The number of carbonyl (C=O) groups is 2. The van der Waals surface area contributed by atoms with Crippen molar-refractivity contribution in [3.63, 3.8) is 0 Å². The fourth-order valence-corrected chi connectivity index (χ4v) is 8.28. The van der Waals surface area contributed by atoms with Gasteiger partial charge in [0, 0.05) is 25.7 Å². The molecule has 1 atom stereocenters. The fourth-order valence-electron chi connectivity index (χ4n) is 7.15. The lowest BCUT2D eigenvalue weighted by Gasteiger charge is -2.56. The van der Waals surface area contributed by atoms with Crippen molar-refractivity contribution in [1.82, 2.24) is 9.55 Å². The number of nitrogens with zero attached hydrogens (tertiary/aromatic N) is 2. The van der Waals surface area contributed by atoms with Gasteiger partial charge in [0.25, 0.3) is 5.56 Å². The number of hydrogen-bond acceptors (Lipinski definition) is 7. The van der Waals surface area contributed by atoms with Gasteiger partial charge in [-0.3, -0.25) is 14.2 Å². The molecule has 0 amide bonds. The van der Waals surface area contributed by atoms with Gasteiger partial charge in [0.15, 0.2) is 10.9 Å². The molecule has 7 nitrogen and oxygen atoms in total. The molecule has 4 aliphatic carbocycles. The minimum absolute atomic E-state index is 0.167. The first kappa shape index (κ1) is 24.5. The Morgan fingerprint density at radius 1 is 1.14 bits per heavy atom. The molecule has 0 spiro atoms. The third-order valence-corrected chi connectivity index (χ3v) is 9.37. The topological polar surface area (TPSA) is 87.5 Å². The first-order valence-electron chi connectivity index (χ1n) is 12.7. The van der Waals surface area contributed by atoms with Crippen LogP contribution in [0.1, 0.15) is 62.2 Å². The quantitative estimate of drug-likeness (QED) is 0.218. The van der Waals surface area contributed by atoms with Gasteiger partial charge in [-0.05, 0) is 87.8 Å². The second-order valence-electron chi connectivity index (χ2n) is 10.7. The van der Waals surface area contributed by atoms with Crippen LogP contribution in [0.3, 0.4) is 0 Å². The lowest BCUT2D eigenvalue weighted by molar-refractivity contribution is -0.143. The van der Waals surface area contributed by atoms with E-state index in [2.05, 4.69) is 0 Å². The summed E-state index contributed by atoms with van der Waals surface area (Å²) in [6.07, 6.45) is 7.62. The number of Topliss-reactive ketones (excluding diaryl/α,β-unsaturated/α-hetero) is 1. The number of esters is 1. The summed E-state index contributed by atoms with van der Waals surface area (Å²) in [5.41, 5.74) is 0.423. The number of hydrogen-bond donors (Lipinski definition) is 0. The zero-order chi connectivity index (χ0) is 24.7. The number of ketones is 1. The predicted molar refractivity (Wildman–Crippen MR) is 135 cm³/mol. The van der Waals surface area contributed by atoms with Gasteiger partial charge in [-0.2, -0.15) is 0 Å². The zero-order valence-electron chi connectivity index (χ0n) is 20.7. The van der Waals surface area contributed by atoms with Crippen molar-refractivity contribution in [2.24, 2.45) is 23.2 Å². The molecule has 1 aromatic carbocycles. The maximum Gasteiger partial charge on any atom is 0.337 e. The van der Waals surface area contributed by atoms with E-state index in [-0.39, 0.29) is 16.2 Å². The van der Waals surface area contributed by atoms with Gasteiger partial charge in [-0.15, -0.1) is 0 Å². The van der Waals surface area contributed by atoms with Gasteiger partial charge < -0.3 is 9.47 Å². The largest absolute Gasteiger partial charge is 0.465 e. The average Bonchev–Trinajstić information content (AvgIpc) is 2.83. The van der Waals surface area contributed by atoms with Crippen LogP contribution in [-0.2, 0) is 20.8 Å². The molecule has 4 aliphatic rings. The van der Waals surface area contributed by atoms with Gasteiger partial charge in [0.1, 0.15) is 0 Å². The van der Waals surface area contributed by atoms with Gasteiger partial charge >= 0.3 is 5.97 Å². The number of aromatic nitrogens is 2. The number of benzene rings is 1. The van der Waals surface area contributed by atoms with Crippen LogP contribution < -0.4 is 5.56 Å². The minimum Gasteiger partial charge on any atom is -0.465 e. The molecule has 0 N–H and O–H groups in total. The highest BCUT2D eigenvalue weighted by molar-refractivity contribution is 8.00. The second-order valence-corrected chi connectivity index (χ2v) is 12.1. The summed E-state index contributed by atoms with van der Waals surface area (Å²) in [6, 6.07) is 4.81. The summed E-state index contributed by atoms with van der Waals surface area (Å²) in [5.74, 6) is 1.95. The highest BCUT2D eigenvalue weighted by Gasteiger charge is 2.55. The molecule has 4 fully saturated rings. The first-order chi connectivity index (χ1) is 16.8. The van der Waals surface area contributed by atoms with Crippen molar-refractivity contribution in [2.45, 2.75) is 68.8 Å². The molecule has 35 heavy (non-hydrogen) atoms. The molecule has 4 saturated carbocycles. The van der Waals surface area contributed by atoms with Crippen LogP contribution >= 0.6 is 11.8 Å². The van der Waals surface area contributed by atoms with Crippen molar-refractivity contribution in [3.05, 3.63) is 34.1 Å². The fraction of sp³-hybridized carbons (Fsp3) is 0.630. The van der Waals surface area contributed by atoms with Crippen LogP contribution in [0.15, 0.2) is 28.2 Å². The molecular formula is C27H34N2O5S. The molecule has 1 heterocycles. The zero-order valence-corrected chi connectivity index (χ0v) is 21.6. The minimum atomic E-state index is -0.475. The number of ether oxygens (including phenoxy) is 2.